The molecule has 1 aromatic carbocycles. The molecule has 1 saturated carbocycles. The van der Waals surface area contributed by atoms with Crippen LogP contribution in [0.1, 0.15) is 37.7 Å². The zero-order chi connectivity index (χ0) is 14.7. The minimum atomic E-state index is -3.28. The van der Waals surface area contributed by atoms with E-state index in [1.54, 1.807) is 10.4 Å². The quantitative estimate of drug-likeness (QED) is 0.857. The Hall–Kier alpha value is -1.13. The van der Waals surface area contributed by atoms with E-state index in [0.29, 0.717) is 19.0 Å². The largest absolute Gasteiger partial charge is 0.236 e. The Morgan fingerprint density at radius 1 is 1.00 bits per heavy atom. The van der Waals surface area contributed by atoms with Crippen LogP contribution in [0.3, 0.4) is 0 Å². The fourth-order valence-electron chi connectivity index (χ4n) is 3.61. The van der Waals surface area contributed by atoms with Crippen molar-refractivity contribution in [3.63, 3.8) is 0 Å². The fraction of sp³-hybridized carbons (Fsp3) is 0.529. The first kappa shape index (κ1) is 14.8. The lowest BCUT2D eigenvalue weighted by molar-refractivity contribution is 0.137. The molecule has 1 heterocycles. The Kier molecular flexibility index (Phi) is 4.45. The number of nitrogens with zero attached hydrogens (tertiary/aromatic N) is 1. The van der Waals surface area contributed by atoms with Crippen molar-refractivity contribution in [2.45, 2.75) is 32.1 Å². The van der Waals surface area contributed by atoms with Gasteiger partial charge in [-0.15, -0.1) is 0 Å². The molecule has 4 heteroatoms. The van der Waals surface area contributed by atoms with Gasteiger partial charge in [0.2, 0.25) is 10.0 Å². The van der Waals surface area contributed by atoms with E-state index in [1.807, 2.05) is 30.3 Å². The molecule has 2 fully saturated rings. The molecule has 2 atom stereocenters. The molecule has 0 radical (unpaired) electrons. The van der Waals surface area contributed by atoms with E-state index < -0.39 is 10.0 Å². The minimum absolute atomic E-state index is 0.576. The van der Waals surface area contributed by atoms with E-state index in [1.165, 1.54) is 31.1 Å². The average Bonchev–Trinajstić information content (AvgIpc) is 2.53. The Bertz CT molecular complexity index is 594. The van der Waals surface area contributed by atoms with Crippen molar-refractivity contribution < 1.29 is 8.42 Å². The van der Waals surface area contributed by atoms with Gasteiger partial charge in [-0.3, -0.25) is 0 Å². The highest BCUT2D eigenvalue weighted by molar-refractivity contribution is 7.92. The van der Waals surface area contributed by atoms with E-state index in [0.717, 1.165) is 17.9 Å². The molecule has 1 aromatic rings. The Morgan fingerprint density at radius 3 is 2.48 bits per heavy atom. The predicted molar refractivity (Wildman–Crippen MR) is 86.0 cm³/mol. The second kappa shape index (κ2) is 6.32. The molecule has 0 spiro atoms. The van der Waals surface area contributed by atoms with Crippen molar-refractivity contribution in [1.29, 1.82) is 0 Å². The second-order valence-corrected chi connectivity index (χ2v) is 8.03. The van der Waals surface area contributed by atoms with Crippen molar-refractivity contribution in [3.05, 3.63) is 41.3 Å². The Morgan fingerprint density at radius 2 is 1.71 bits per heavy atom. The van der Waals surface area contributed by atoms with Gasteiger partial charge in [-0.05, 0) is 36.3 Å². The van der Waals surface area contributed by atoms with Gasteiger partial charge in [0.1, 0.15) is 0 Å². The van der Waals surface area contributed by atoms with E-state index in [-0.39, 0.29) is 0 Å². The van der Waals surface area contributed by atoms with Gasteiger partial charge in [-0.2, -0.15) is 4.31 Å². The third kappa shape index (κ3) is 3.55. The van der Waals surface area contributed by atoms with E-state index in [2.05, 4.69) is 0 Å². The van der Waals surface area contributed by atoms with Crippen LogP contribution in [0.25, 0.3) is 6.08 Å². The first-order chi connectivity index (χ1) is 10.1. The summed E-state index contributed by atoms with van der Waals surface area (Å²) in [6.45, 7) is 1.40. The van der Waals surface area contributed by atoms with Gasteiger partial charge in [0.15, 0.2) is 0 Å². The van der Waals surface area contributed by atoms with E-state index in [4.69, 9.17) is 0 Å². The molecule has 0 aromatic heterocycles. The summed E-state index contributed by atoms with van der Waals surface area (Å²) in [6, 6.07) is 9.60. The number of hydrogen-bond donors (Lipinski definition) is 0. The van der Waals surface area contributed by atoms with Crippen LogP contribution < -0.4 is 0 Å². The minimum Gasteiger partial charge on any atom is -0.208 e. The van der Waals surface area contributed by atoms with Gasteiger partial charge < -0.3 is 0 Å². The summed E-state index contributed by atoms with van der Waals surface area (Å²) >= 11 is 0. The van der Waals surface area contributed by atoms with E-state index in [9.17, 15) is 8.42 Å². The normalized spacial score (nSPS) is 27.6. The van der Waals surface area contributed by atoms with Crippen molar-refractivity contribution >= 4 is 16.1 Å². The second-order valence-electron chi connectivity index (χ2n) is 6.21. The maximum Gasteiger partial charge on any atom is 0.236 e. The van der Waals surface area contributed by atoms with Crippen molar-refractivity contribution in [1.82, 2.24) is 4.31 Å². The van der Waals surface area contributed by atoms with Crippen LogP contribution in [0.5, 0.6) is 0 Å². The number of benzene rings is 1. The fourth-order valence-corrected chi connectivity index (χ4v) is 4.87. The summed E-state index contributed by atoms with van der Waals surface area (Å²) in [5.74, 6) is 1.33. The zero-order valence-electron chi connectivity index (χ0n) is 12.3. The number of fused-ring (bicyclic) bond motifs is 1. The Labute approximate surface area is 127 Å². The lowest BCUT2D eigenvalue weighted by Crippen LogP contribution is -2.43. The SMILES string of the molecule is O=S(=O)(/C=C/c1ccccc1)N1CC[C@H]2CCCC[C@@H]2C1. The zero-order valence-corrected chi connectivity index (χ0v) is 13.1. The highest BCUT2D eigenvalue weighted by Gasteiger charge is 2.34. The molecule has 2 aliphatic rings. The molecule has 0 amide bonds. The molecule has 0 bridgehead atoms. The monoisotopic (exact) mass is 305 g/mol. The van der Waals surface area contributed by atoms with Crippen molar-refractivity contribution in [2.24, 2.45) is 11.8 Å². The smallest absolute Gasteiger partial charge is 0.208 e. The number of piperidine rings is 1. The van der Waals surface area contributed by atoms with Gasteiger partial charge in [-0.25, -0.2) is 8.42 Å². The maximum atomic E-state index is 12.5. The van der Waals surface area contributed by atoms with Crippen LogP contribution in [-0.2, 0) is 10.0 Å². The first-order valence-corrected chi connectivity index (χ1v) is 9.39. The third-order valence-corrected chi connectivity index (χ3v) is 6.38. The van der Waals surface area contributed by atoms with Crippen LogP contribution in [0, 0.1) is 11.8 Å². The predicted octanol–water partition coefficient (Wildman–Crippen LogP) is 3.50. The molecule has 3 rings (SSSR count). The Balaban J connectivity index is 1.69. The lowest BCUT2D eigenvalue weighted by Gasteiger charge is -2.40. The first-order valence-electron chi connectivity index (χ1n) is 7.88. The lowest BCUT2D eigenvalue weighted by atomic mass is 9.76. The summed E-state index contributed by atoms with van der Waals surface area (Å²) in [5, 5.41) is 1.37. The van der Waals surface area contributed by atoms with Crippen LogP contribution in [0.4, 0.5) is 0 Å². The summed E-state index contributed by atoms with van der Waals surface area (Å²) in [4.78, 5) is 0. The number of sulfonamides is 1. The number of hydrogen-bond acceptors (Lipinski definition) is 2. The van der Waals surface area contributed by atoms with Gasteiger partial charge in [0, 0.05) is 18.5 Å². The molecule has 114 valence electrons. The summed E-state index contributed by atoms with van der Waals surface area (Å²) in [6.07, 6.45) is 7.79. The molecule has 3 nitrogen and oxygen atoms in total. The molecular weight excluding hydrogens is 282 g/mol. The molecular formula is C17H23NO2S. The van der Waals surface area contributed by atoms with Crippen LogP contribution in [0.2, 0.25) is 0 Å². The maximum absolute atomic E-state index is 12.5. The van der Waals surface area contributed by atoms with Gasteiger partial charge in [0.05, 0.1) is 0 Å². The van der Waals surface area contributed by atoms with Crippen LogP contribution in [-0.4, -0.2) is 25.8 Å². The van der Waals surface area contributed by atoms with Crippen molar-refractivity contribution in [2.75, 3.05) is 13.1 Å². The standard InChI is InChI=1S/C17H23NO2S/c19-21(20,13-11-15-6-2-1-3-7-15)18-12-10-16-8-4-5-9-17(16)14-18/h1-3,6-7,11,13,16-17H,4-5,8-10,12,14H2/b13-11+/t16-,17-/m1/s1. The molecule has 1 aliphatic heterocycles. The van der Waals surface area contributed by atoms with Gasteiger partial charge >= 0.3 is 0 Å². The van der Waals surface area contributed by atoms with E-state index >= 15 is 0 Å². The van der Waals surface area contributed by atoms with Gasteiger partial charge in [0.25, 0.3) is 0 Å². The van der Waals surface area contributed by atoms with Gasteiger partial charge in [-0.1, -0.05) is 49.6 Å². The highest BCUT2D eigenvalue weighted by Crippen LogP contribution is 2.36. The summed E-state index contributed by atoms with van der Waals surface area (Å²) < 4.78 is 26.6. The molecule has 21 heavy (non-hydrogen) atoms. The van der Waals surface area contributed by atoms with Crippen LogP contribution in [0.15, 0.2) is 35.7 Å². The average molecular weight is 305 g/mol. The number of rotatable bonds is 3. The van der Waals surface area contributed by atoms with Crippen LogP contribution >= 0.6 is 0 Å². The third-order valence-electron chi connectivity index (χ3n) is 4.85. The molecule has 1 aliphatic carbocycles. The highest BCUT2D eigenvalue weighted by atomic mass is 32.2. The molecule has 0 unspecified atom stereocenters. The molecule has 0 N–H and O–H groups in total. The summed E-state index contributed by atoms with van der Waals surface area (Å²) in [5.41, 5.74) is 0.925. The summed E-state index contributed by atoms with van der Waals surface area (Å²) in [7, 11) is -3.28. The van der Waals surface area contributed by atoms with Crippen molar-refractivity contribution in [3.8, 4) is 0 Å². The topological polar surface area (TPSA) is 37.4 Å². The molecule has 1 saturated heterocycles.